The molecule has 0 aromatic heterocycles. The molecule has 0 heterocycles. The fourth-order valence-corrected chi connectivity index (χ4v) is 1.84. The van der Waals surface area contributed by atoms with Crippen LogP contribution in [0, 0.1) is 11.6 Å². The van der Waals surface area contributed by atoms with Crippen LogP contribution in [0.1, 0.15) is 24.8 Å². The lowest BCUT2D eigenvalue weighted by molar-refractivity contribution is -0.148. The van der Waals surface area contributed by atoms with Crippen LogP contribution in [0.4, 0.5) is 8.78 Å². The summed E-state index contributed by atoms with van der Waals surface area (Å²) in [5.41, 5.74) is 0.230. The van der Waals surface area contributed by atoms with E-state index in [0.29, 0.717) is 0 Å². The summed E-state index contributed by atoms with van der Waals surface area (Å²) >= 11 is 0. The molecule has 0 saturated heterocycles. The number of hydrogen-bond acceptors (Lipinski definition) is 3. The molecule has 1 aromatic carbocycles. The van der Waals surface area contributed by atoms with Gasteiger partial charge in [0.1, 0.15) is 11.6 Å². The smallest absolute Gasteiger partial charge is 0.334 e. The van der Waals surface area contributed by atoms with E-state index in [2.05, 4.69) is 10.1 Å². The summed E-state index contributed by atoms with van der Waals surface area (Å²) in [7, 11) is 1.22. The molecule has 5 nitrogen and oxygen atoms in total. The second-order valence-electron chi connectivity index (χ2n) is 4.64. The Balaban J connectivity index is 2.56. The minimum absolute atomic E-state index is 0.0430. The minimum atomic E-state index is -1.18. The van der Waals surface area contributed by atoms with Crippen molar-refractivity contribution in [2.75, 3.05) is 13.7 Å². The number of ether oxygens (including phenoxy) is 1. The average Bonchev–Trinajstić information content (AvgIpc) is 2.38. The van der Waals surface area contributed by atoms with E-state index in [1.807, 2.05) is 0 Å². The maximum absolute atomic E-state index is 13.6. The van der Waals surface area contributed by atoms with Crippen LogP contribution in [-0.4, -0.2) is 36.7 Å². The van der Waals surface area contributed by atoms with E-state index in [9.17, 15) is 18.4 Å². The standard InChI is InChI=1S/C14H17F2NO4/c1-8(10-4-3-9(15)6-11(10)16)5-13(18)17-7-12(21-2)14(19)20/h3-4,6,8,12H,5,7H2,1-2H3,(H,17,18)(H,19,20). The number of rotatable bonds is 7. The lowest BCUT2D eigenvalue weighted by Gasteiger charge is -2.15. The molecule has 1 aromatic rings. The third-order valence-corrected chi connectivity index (χ3v) is 3.03. The number of aliphatic carboxylic acids is 1. The van der Waals surface area contributed by atoms with Crippen molar-refractivity contribution < 1.29 is 28.2 Å². The Bertz CT molecular complexity index is 522. The molecule has 0 aliphatic rings. The van der Waals surface area contributed by atoms with Gasteiger partial charge in [-0.05, 0) is 17.5 Å². The Labute approximate surface area is 120 Å². The second kappa shape index (κ2) is 7.68. The molecule has 0 radical (unpaired) electrons. The Morgan fingerprint density at radius 2 is 2.05 bits per heavy atom. The third kappa shape index (κ3) is 5.11. The van der Waals surface area contributed by atoms with Gasteiger partial charge >= 0.3 is 5.97 Å². The molecule has 116 valence electrons. The highest BCUT2D eigenvalue weighted by Crippen LogP contribution is 2.22. The van der Waals surface area contributed by atoms with Gasteiger partial charge in [0.25, 0.3) is 0 Å². The first-order chi connectivity index (χ1) is 9.85. The van der Waals surface area contributed by atoms with Gasteiger partial charge in [-0.1, -0.05) is 13.0 Å². The number of hydrogen-bond donors (Lipinski definition) is 2. The summed E-state index contributed by atoms with van der Waals surface area (Å²) in [5.74, 6) is -3.48. The van der Waals surface area contributed by atoms with Gasteiger partial charge in [-0.3, -0.25) is 4.79 Å². The largest absolute Gasteiger partial charge is 0.479 e. The molecule has 0 aliphatic heterocycles. The number of amides is 1. The molecule has 2 N–H and O–H groups in total. The summed E-state index contributed by atoms with van der Waals surface area (Å²) in [4.78, 5) is 22.4. The summed E-state index contributed by atoms with van der Waals surface area (Å²) < 4.78 is 31.0. The predicted octanol–water partition coefficient (Wildman–Crippen LogP) is 1.67. The summed E-state index contributed by atoms with van der Waals surface area (Å²) in [6, 6.07) is 3.17. The van der Waals surface area contributed by atoms with Crippen molar-refractivity contribution in [2.24, 2.45) is 0 Å². The molecular weight excluding hydrogens is 284 g/mol. The van der Waals surface area contributed by atoms with Crippen LogP contribution in [-0.2, 0) is 14.3 Å². The number of nitrogens with one attached hydrogen (secondary N) is 1. The highest BCUT2D eigenvalue weighted by molar-refractivity contribution is 5.78. The van der Waals surface area contributed by atoms with Gasteiger partial charge < -0.3 is 15.2 Å². The molecule has 21 heavy (non-hydrogen) atoms. The zero-order chi connectivity index (χ0) is 16.0. The molecule has 0 aliphatic carbocycles. The van der Waals surface area contributed by atoms with Crippen molar-refractivity contribution in [3.63, 3.8) is 0 Å². The maximum Gasteiger partial charge on any atom is 0.334 e. The SMILES string of the molecule is COC(CNC(=O)CC(C)c1ccc(F)cc1F)C(=O)O. The molecule has 1 amide bonds. The van der Waals surface area contributed by atoms with Crippen molar-refractivity contribution in [3.8, 4) is 0 Å². The Kier molecular flexibility index (Phi) is 6.23. The fraction of sp³-hybridized carbons (Fsp3) is 0.429. The molecule has 0 saturated carbocycles. The van der Waals surface area contributed by atoms with Crippen molar-refractivity contribution in [2.45, 2.75) is 25.4 Å². The van der Waals surface area contributed by atoms with Crippen LogP contribution in [0.25, 0.3) is 0 Å². The van der Waals surface area contributed by atoms with Crippen molar-refractivity contribution in [3.05, 3.63) is 35.4 Å². The number of benzene rings is 1. The van der Waals surface area contributed by atoms with Gasteiger partial charge in [0.15, 0.2) is 6.10 Å². The average molecular weight is 301 g/mol. The summed E-state index contributed by atoms with van der Waals surface area (Å²) in [6.45, 7) is 1.45. The number of carboxylic acids is 1. The number of halogens is 2. The molecule has 0 bridgehead atoms. The van der Waals surface area contributed by atoms with Gasteiger partial charge in [0, 0.05) is 19.6 Å². The van der Waals surface area contributed by atoms with Crippen LogP contribution < -0.4 is 5.32 Å². The quantitative estimate of drug-likeness (QED) is 0.803. The molecule has 7 heteroatoms. The molecule has 0 spiro atoms. The first-order valence-corrected chi connectivity index (χ1v) is 6.32. The Hall–Kier alpha value is -2.02. The van der Waals surface area contributed by atoms with E-state index in [1.54, 1.807) is 6.92 Å². The number of methoxy groups -OCH3 is 1. The normalized spacial score (nSPS) is 13.5. The van der Waals surface area contributed by atoms with Gasteiger partial charge in [-0.2, -0.15) is 0 Å². The minimum Gasteiger partial charge on any atom is -0.479 e. The van der Waals surface area contributed by atoms with Crippen LogP contribution >= 0.6 is 0 Å². The van der Waals surface area contributed by atoms with Gasteiger partial charge in [-0.25, -0.2) is 13.6 Å². The van der Waals surface area contributed by atoms with Crippen LogP contribution in [0.15, 0.2) is 18.2 Å². The van der Waals surface area contributed by atoms with Gasteiger partial charge in [-0.15, -0.1) is 0 Å². The second-order valence-corrected chi connectivity index (χ2v) is 4.64. The fourth-order valence-electron chi connectivity index (χ4n) is 1.84. The lowest BCUT2D eigenvalue weighted by atomic mass is 9.97. The molecule has 1 rings (SSSR count). The van der Waals surface area contributed by atoms with E-state index >= 15 is 0 Å². The molecule has 2 atom stereocenters. The number of carboxylic acid groups (broad SMARTS) is 1. The Morgan fingerprint density at radius 3 is 2.57 bits per heavy atom. The maximum atomic E-state index is 13.6. The van der Waals surface area contributed by atoms with Crippen molar-refractivity contribution in [1.82, 2.24) is 5.32 Å². The first kappa shape index (κ1) is 17.0. The summed E-state index contributed by atoms with van der Waals surface area (Å²) in [6.07, 6.45) is -1.18. The van der Waals surface area contributed by atoms with E-state index < -0.39 is 35.5 Å². The van der Waals surface area contributed by atoms with Gasteiger partial charge in [0.2, 0.25) is 5.91 Å². The van der Waals surface area contributed by atoms with Crippen molar-refractivity contribution >= 4 is 11.9 Å². The van der Waals surface area contributed by atoms with E-state index in [0.717, 1.165) is 12.1 Å². The third-order valence-electron chi connectivity index (χ3n) is 3.03. The van der Waals surface area contributed by atoms with E-state index in [-0.39, 0.29) is 18.5 Å². The Morgan fingerprint density at radius 1 is 1.38 bits per heavy atom. The van der Waals surface area contributed by atoms with Crippen LogP contribution in [0.2, 0.25) is 0 Å². The topological polar surface area (TPSA) is 75.6 Å². The number of carbonyl (C=O) groups excluding carboxylic acids is 1. The predicted molar refractivity (Wildman–Crippen MR) is 70.8 cm³/mol. The zero-order valence-corrected chi connectivity index (χ0v) is 11.7. The highest BCUT2D eigenvalue weighted by atomic mass is 19.1. The van der Waals surface area contributed by atoms with Crippen LogP contribution in [0.5, 0.6) is 0 Å². The zero-order valence-electron chi connectivity index (χ0n) is 11.7. The number of carbonyl (C=O) groups is 2. The molecular formula is C14H17F2NO4. The highest BCUT2D eigenvalue weighted by Gasteiger charge is 2.19. The molecule has 0 fully saturated rings. The van der Waals surface area contributed by atoms with Gasteiger partial charge in [0.05, 0.1) is 6.54 Å². The van der Waals surface area contributed by atoms with Crippen molar-refractivity contribution in [1.29, 1.82) is 0 Å². The monoisotopic (exact) mass is 301 g/mol. The molecule has 2 unspecified atom stereocenters. The van der Waals surface area contributed by atoms with E-state index in [4.69, 9.17) is 5.11 Å². The van der Waals surface area contributed by atoms with E-state index in [1.165, 1.54) is 13.2 Å². The van der Waals surface area contributed by atoms with Crippen LogP contribution in [0.3, 0.4) is 0 Å². The summed E-state index contributed by atoms with van der Waals surface area (Å²) in [5, 5.41) is 11.2. The first-order valence-electron chi connectivity index (χ1n) is 6.32. The lowest BCUT2D eigenvalue weighted by Crippen LogP contribution is -2.38.